The van der Waals surface area contributed by atoms with Crippen molar-refractivity contribution in [3.05, 3.63) is 16.8 Å². The number of halogens is 1. The first kappa shape index (κ1) is 11.6. The lowest BCUT2D eigenvalue weighted by atomic mass is 10.2. The SMILES string of the molecule is COc1nnc(Cl)cc1CN1CCNCC1. The summed E-state index contributed by atoms with van der Waals surface area (Å²) in [5.74, 6) is 0.558. The minimum Gasteiger partial charge on any atom is -0.480 e. The van der Waals surface area contributed by atoms with E-state index in [0.29, 0.717) is 11.0 Å². The number of nitrogens with zero attached hydrogens (tertiary/aromatic N) is 3. The Kier molecular flexibility index (Phi) is 3.93. The van der Waals surface area contributed by atoms with Crippen molar-refractivity contribution in [2.24, 2.45) is 0 Å². The number of rotatable bonds is 3. The molecule has 88 valence electrons. The molecule has 0 saturated carbocycles. The van der Waals surface area contributed by atoms with Gasteiger partial charge in [0.25, 0.3) is 0 Å². The summed E-state index contributed by atoms with van der Waals surface area (Å²) in [6.07, 6.45) is 0. The second-order valence-electron chi connectivity index (χ2n) is 3.73. The van der Waals surface area contributed by atoms with Crippen molar-refractivity contribution in [2.75, 3.05) is 33.3 Å². The van der Waals surface area contributed by atoms with Crippen LogP contribution in [0.2, 0.25) is 5.15 Å². The van der Waals surface area contributed by atoms with Crippen LogP contribution in [0, 0.1) is 0 Å². The average Bonchev–Trinajstić information content (AvgIpc) is 2.31. The Balaban J connectivity index is 2.09. The molecule has 0 unspecified atom stereocenters. The monoisotopic (exact) mass is 242 g/mol. The minimum atomic E-state index is 0.408. The molecule has 1 aliphatic rings. The molecular formula is C10H15ClN4O. The largest absolute Gasteiger partial charge is 0.480 e. The van der Waals surface area contributed by atoms with E-state index in [-0.39, 0.29) is 0 Å². The zero-order chi connectivity index (χ0) is 11.4. The van der Waals surface area contributed by atoms with Crippen LogP contribution in [0.15, 0.2) is 6.07 Å². The smallest absolute Gasteiger partial charge is 0.237 e. The number of ether oxygens (including phenoxy) is 1. The summed E-state index contributed by atoms with van der Waals surface area (Å²) < 4.78 is 5.17. The van der Waals surface area contributed by atoms with Crippen molar-refractivity contribution >= 4 is 11.6 Å². The van der Waals surface area contributed by atoms with Crippen LogP contribution < -0.4 is 10.1 Å². The third-order valence-electron chi connectivity index (χ3n) is 2.60. The highest BCUT2D eigenvalue weighted by atomic mass is 35.5. The molecule has 16 heavy (non-hydrogen) atoms. The van der Waals surface area contributed by atoms with E-state index in [4.69, 9.17) is 16.3 Å². The summed E-state index contributed by atoms with van der Waals surface area (Å²) in [6.45, 7) is 4.91. The maximum atomic E-state index is 5.83. The standard InChI is InChI=1S/C10H15ClN4O/c1-16-10-8(6-9(11)13-14-10)7-15-4-2-12-3-5-15/h6,12H,2-5,7H2,1H3. The van der Waals surface area contributed by atoms with E-state index in [1.54, 1.807) is 7.11 Å². The molecule has 1 saturated heterocycles. The van der Waals surface area contributed by atoms with Gasteiger partial charge in [-0.3, -0.25) is 4.90 Å². The van der Waals surface area contributed by atoms with Crippen LogP contribution in [0.5, 0.6) is 5.88 Å². The lowest BCUT2D eigenvalue weighted by Crippen LogP contribution is -2.42. The second-order valence-corrected chi connectivity index (χ2v) is 4.11. The topological polar surface area (TPSA) is 50.3 Å². The maximum Gasteiger partial charge on any atom is 0.237 e. The molecule has 1 fully saturated rings. The van der Waals surface area contributed by atoms with Crippen LogP contribution in [0.25, 0.3) is 0 Å². The van der Waals surface area contributed by atoms with Gasteiger partial charge in [-0.2, -0.15) is 0 Å². The molecule has 0 spiro atoms. The molecular weight excluding hydrogens is 228 g/mol. The summed E-state index contributed by atoms with van der Waals surface area (Å²) in [7, 11) is 1.60. The van der Waals surface area contributed by atoms with Gasteiger partial charge in [0, 0.05) is 38.3 Å². The van der Waals surface area contributed by atoms with Gasteiger partial charge in [0.2, 0.25) is 5.88 Å². The number of hydrogen-bond donors (Lipinski definition) is 1. The van der Waals surface area contributed by atoms with Gasteiger partial charge in [0.15, 0.2) is 5.15 Å². The normalized spacial score (nSPS) is 17.4. The molecule has 0 bridgehead atoms. The van der Waals surface area contributed by atoms with E-state index in [1.165, 1.54) is 0 Å². The van der Waals surface area contributed by atoms with Crippen molar-refractivity contribution in [3.63, 3.8) is 0 Å². The molecule has 1 N–H and O–H groups in total. The zero-order valence-electron chi connectivity index (χ0n) is 9.24. The minimum absolute atomic E-state index is 0.408. The Hall–Kier alpha value is -0.910. The summed E-state index contributed by atoms with van der Waals surface area (Å²) >= 11 is 5.83. The van der Waals surface area contributed by atoms with Crippen LogP contribution >= 0.6 is 11.6 Å². The summed E-state index contributed by atoms with van der Waals surface area (Å²) in [6, 6.07) is 1.81. The highest BCUT2D eigenvalue weighted by Crippen LogP contribution is 2.19. The fraction of sp³-hybridized carbons (Fsp3) is 0.600. The van der Waals surface area contributed by atoms with E-state index in [0.717, 1.165) is 38.3 Å². The summed E-state index contributed by atoms with van der Waals surface area (Å²) in [5, 5.41) is 11.4. The Morgan fingerprint density at radius 3 is 2.88 bits per heavy atom. The fourth-order valence-electron chi connectivity index (χ4n) is 1.79. The van der Waals surface area contributed by atoms with E-state index in [9.17, 15) is 0 Å². The van der Waals surface area contributed by atoms with Gasteiger partial charge >= 0.3 is 0 Å². The molecule has 0 atom stereocenters. The maximum absolute atomic E-state index is 5.83. The van der Waals surface area contributed by atoms with Crippen LogP contribution in [0.3, 0.4) is 0 Å². The van der Waals surface area contributed by atoms with Gasteiger partial charge in [0.1, 0.15) is 0 Å². The molecule has 5 nitrogen and oxygen atoms in total. The number of aromatic nitrogens is 2. The molecule has 0 radical (unpaired) electrons. The molecule has 2 heterocycles. The molecule has 1 aromatic rings. The van der Waals surface area contributed by atoms with Gasteiger partial charge in [-0.15, -0.1) is 10.2 Å². The van der Waals surface area contributed by atoms with Crippen molar-refractivity contribution in [1.82, 2.24) is 20.4 Å². The van der Waals surface area contributed by atoms with Crippen molar-refractivity contribution in [2.45, 2.75) is 6.54 Å². The predicted octanol–water partition coefficient (Wildman–Crippen LogP) is 0.544. The number of nitrogens with one attached hydrogen (secondary N) is 1. The van der Waals surface area contributed by atoms with Gasteiger partial charge in [-0.05, 0) is 6.07 Å². The molecule has 6 heteroatoms. The molecule has 0 aromatic carbocycles. The molecule has 0 aliphatic carbocycles. The summed E-state index contributed by atoms with van der Waals surface area (Å²) in [4.78, 5) is 2.34. The average molecular weight is 243 g/mol. The van der Waals surface area contributed by atoms with Crippen LogP contribution in [0.1, 0.15) is 5.56 Å². The fourth-order valence-corrected chi connectivity index (χ4v) is 1.96. The number of piperazine rings is 1. The Morgan fingerprint density at radius 1 is 1.44 bits per heavy atom. The molecule has 2 rings (SSSR count). The number of methoxy groups -OCH3 is 1. The van der Waals surface area contributed by atoms with Gasteiger partial charge in [-0.25, -0.2) is 0 Å². The first-order chi connectivity index (χ1) is 7.79. The molecule has 0 amide bonds. The van der Waals surface area contributed by atoms with Crippen LogP contribution in [-0.2, 0) is 6.54 Å². The lowest BCUT2D eigenvalue weighted by molar-refractivity contribution is 0.229. The van der Waals surface area contributed by atoms with E-state index >= 15 is 0 Å². The van der Waals surface area contributed by atoms with Gasteiger partial charge in [0.05, 0.1) is 7.11 Å². The van der Waals surface area contributed by atoms with Crippen LogP contribution in [-0.4, -0.2) is 48.4 Å². The third-order valence-corrected chi connectivity index (χ3v) is 2.79. The van der Waals surface area contributed by atoms with Crippen LogP contribution in [0.4, 0.5) is 0 Å². The van der Waals surface area contributed by atoms with Crippen molar-refractivity contribution < 1.29 is 4.74 Å². The van der Waals surface area contributed by atoms with Gasteiger partial charge in [-0.1, -0.05) is 11.6 Å². The summed E-state index contributed by atoms with van der Waals surface area (Å²) in [5.41, 5.74) is 0.990. The highest BCUT2D eigenvalue weighted by molar-refractivity contribution is 6.29. The Morgan fingerprint density at radius 2 is 2.19 bits per heavy atom. The molecule has 1 aromatic heterocycles. The van der Waals surface area contributed by atoms with Crippen molar-refractivity contribution in [1.29, 1.82) is 0 Å². The highest BCUT2D eigenvalue weighted by Gasteiger charge is 2.14. The Bertz CT molecular complexity index is 355. The lowest BCUT2D eigenvalue weighted by Gasteiger charge is -2.27. The van der Waals surface area contributed by atoms with E-state index < -0.39 is 0 Å². The quantitative estimate of drug-likeness (QED) is 0.839. The zero-order valence-corrected chi connectivity index (χ0v) is 10.00. The third kappa shape index (κ3) is 2.81. The predicted molar refractivity (Wildman–Crippen MR) is 61.7 cm³/mol. The van der Waals surface area contributed by atoms with Gasteiger partial charge < -0.3 is 10.1 Å². The molecule has 1 aliphatic heterocycles. The van der Waals surface area contributed by atoms with Crippen molar-refractivity contribution in [3.8, 4) is 5.88 Å². The first-order valence-electron chi connectivity index (χ1n) is 5.29. The number of hydrogen-bond acceptors (Lipinski definition) is 5. The van der Waals surface area contributed by atoms with E-state index in [1.807, 2.05) is 6.07 Å². The Labute approximate surface area is 99.7 Å². The first-order valence-corrected chi connectivity index (χ1v) is 5.66. The second kappa shape index (κ2) is 5.43. The van der Waals surface area contributed by atoms with E-state index in [2.05, 4.69) is 20.4 Å².